The van der Waals surface area contributed by atoms with Crippen LogP contribution in [0.4, 0.5) is 0 Å². The summed E-state index contributed by atoms with van der Waals surface area (Å²) in [6, 6.07) is 0. The third kappa shape index (κ3) is 3.04. The van der Waals surface area contributed by atoms with Crippen molar-refractivity contribution in [3.05, 3.63) is 0 Å². The lowest BCUT2D eigenvalue weighted by atomic mass is 9.92. The number of Topliss-reactive ketones (excluding diaryl/α,β-unsaturated/α-hetero) is 1. The molecule has 0 spiro atoms. The van der Waals surface area contributed by atoms with Crippen LogP contribution in [0.1, 0.15) is 45.4 Å². The first-order valence-electron chi connectivity index (χ1n) is 6.48. The predicted octanol–water partition coefficient (Wildman–Crippen LogP) is 2.48. The van der Waals surface area contributed by atoms with E-state index in [4.69, 9.17) is 0 Å². The average Bonchev–Trinajstić information content (AvgIpc) is 2.71. The topological polar surface area (TPSA) is 20.3 Å². The van der Waals surface area contributed by atoms with Crippen LogP contribution in [0.25, 0.3) is 0 Å². The van der Waals surface area contributed by atoms with Gasteiger partial charge in [-0.25, -0.2) is 0 Å². The molecular weight excluding hydrogens is 186 g/mol. The highest BCUT2D eigenvalue weighted by molar-refractivity contribution is 5.78. The third-order valence-corrected chi connectivity index (χ3v) is 4.15. The van der Waals surface area contributed by atoms with Crippen LogP contribution in [0.3, 0.4) is 0 Å². The molecular formula is C13H23NO. The van der Waals surface area contributed by atoms with Gasteiger partial charge in [0.1, 0.15) is 5.78 Å². The van der Waals surface area contributed by atoms with E-state index in [9.17, 15) is 4.79 Å². The van der Waals surface area contributed by atoms with Crippen molar-refractivity contribution in [3.63, 3.8) is 0 Å². The van der Waals surface area contributed by atoms with Crippen LogP contribution < -0.4 is 0 Å². The molecule has 2 heteroatoms. The smallest absolute Gasteiger partial charge is 0.133 e. The first-order valence-corrected chi connectivity index (χ1v) is 6.48. The highest BCUT2D eigenvalue weighted by Crippen LogP contribution is 2.27. The largest absolute Gasteiger partial charge is 0.303 e. The zero-order chi connectivity index (χ0) is 10.7. The second-order valence-electron chi connectivity index (χ2n) is 5.34. The molecule has 0 N–H and O–H groups in total. The van der Waals surface area contributed by atoms with Gasteiger partial charge in [0.2, 0.25) is 0 Å². The fraction of sp³-hybridized carbons (Fsp3) is 0.923. The van der Waals surface area contributed by atoms with Gasteiger partial charge in [-0.15, -0.1) is 0 Å². The lowest BCUT2D eigenvalue weighted by Gasteiger charge is -2.32. The monoisotopic (exact) mass is 209 g/mol. The summed E-state index contributed by atoms with van der Waals surface area (Å²) in [7, 11) is 0. The minimum atomic E-state index is 0.366. The van der Waals surface area contributed by atoms with E-state index in [1.165, 1.54) is 32.2 Å². The van der Waals surface area contributed by atoms with Gasteiger partial charge in [0.25, 0.3) is 0 Å². The van der Waals surface area contributed by atoms with Crippen LogP contribution in [0.5, 0.6) is 0 Å². The Morgan fingerprint density at radius 2 is 1.73 bits per heavy atom. The molecule has 1 heterocycles. The molecule has 1 saturated carbocycles. The minimum Gasteiger partial charge on any atom is -0.303 e. The van der Waals surface area contributed by atoms with E-state index in [2.05, 4.69) is 4.90 Å². The van der Waals surface area contributed by atoms with Crippen molar-refractivity contribution in [2.45, 2.75) is 45.4 Å². The summed E-state index contributed by atoms with van der Waals surface area (Å²) in [5, 5.41) is 0. The molecule has 86 valence electrons. The van der Waals surface area contributed by atoms with Gasteiger partial charge in [0.05, 0.1) is 0 Å². The molecule has 0 aromatic heterocycles. The first kappa shape index (κ1) is 11.1. The molecule has 1 aliphatic carbocycles. The number of likely N-dealkylation sites (tertiary alicyclic amines) is 1. The van der Waals surface area contributed by atoms with Gasteiger partial charge in [-0.3, -0.25) is 4.79 Å². The molecule has 1 aliphatic heterocycles. The SMILES string of the molecule is CC(=O)C1CCN(CC2CCCC2)CC1. The maximum absolute atomic E-state index is 11.2. The molecule has 0 atom stereocenters. The van der Waals surface area contributed by atoms with Crippen molar-refractivity contribution >= 4 is 5.78 Å². The molecule has 2 rings (SSSR count). The van der Waals surface area contributed by atoms with E-state index < -0.39 is 0 Å². The molecule has 0 aromatic rings. The van der Waals surface area contributed by atoms with E-state index >= 15 is 0 Å². The average molecular weight is 209 g/mol. The summed E-state index contributed by atoms with van der Waals surface area (Å²) in [6.45, 7) is 5.35. The Labute approximate surface area is 93.0 Å². The Morgan fingerprint density at radius 1 is 1.13 bits per heavy atom. The quantitative estimate of drug-likeness (QED) is 0.711. The number of piperidine rings is 1. The van der Waals surface area contributed by atoms with Crippen molar-refractivity contribution in [2.24, 2.45) is 11.8 Å². The Hall–Kier alpha value is -0.370. The van der Waals surface area contributed by atoms with Gasteiger partial charge in [0.15, 0.2) is 0 Å². The molecule has 0 aromatic carbocycles. The number of nitrogens with zero attached hydrogens (tertiary/aromatic N) is 1. The molecule has 2 nitrogen and oxygen atoms in total. The predicted molar refractivity (Wildman–Crippen MR) is 61.8 cm³/mol. The van der Waals surface area contributed by atoms with Gasteiger partial charge < -0.3 is 4.90 Å². The van der Waals surface area contributed by atoms with Crippen molar-refractivity contribution in [3.8, 4) is 0 Å². The van der Waals surface area contributed by atoms with Gasteiger partial charge in [-0.1, -0.05) is 12.8 Å². The molecule has 15 heavy (non-hydrogen) atoms. The number of hydrogen-bond donors (Lipinski definition) is 0. The Morgan fingerprint density at radius 3 is 2.27 bits per heavy atom. The molecule has 0 radical (unpaired) electrons. The summed E-state index contributed by atoms with van der Waals surface area (Å²) in [5.41, 5.74) is 0. The number of carbonyl (C=O) groups is 1. The fourth-order valence-electron chi connectivity index (χ4n) is 3.08. The number of ketones is 1. The zero-order valence-corrected chi connectivity index (χ0v) is 9.87. The van der Waals surface area contributed by atoms with Gasteiger partial charge in [-0.05, 0) is 51.6 Å². The maximum atomic E-state index is 11.2. The molecule has 2 aliphatic rings. The molecule has 0 amide bonds. The summed E-state index contributed by atoms with van der Waals surface area (Å²) in [6.07, 6.45) is 7.95. The summed E-state index contributed by atoms with van der Waals surface area (Å²) in [4.78, 5) is 13.8. The summed E-state index contributed by atoms with van der Waals surface area (Å²) >= 11 is 0. The van der Waals surface area contributed by atoms with Crippen LogP contribution in [0.15, 0.2) is 0 Å². The third-order valence-electron chi connectivity index (χ3n) is 4.15. The highest BCUT2D eigenvalue weighted by atomic mass is 16.1. The van der Waals surface area contributed by atoms with Crippen molar-refractivity contribution in [1.29, 1.82) is 0 Å². The second kappa shape index (κ2) is 5.11. The van der Waals surface area contributed by atoms with Crippen LogP contribution in [-0.4, -0.2) is 30.3 Å². The van der Waals surface area contributed by atoms with Gasteiger partial charge >= 0.3 is 0 Å². The van der Waals surface area contributed by atoms with Crippen LogP contribution in [-0.2, 0) is 4.79 Å². The van der Waals surface area contributed by atoms with E-state index in [1.54, 1.807) is 6.92 Å². The van der Waals surface area contributed by atoms with Gasteiger partial charge in [0, 0.05) is 12.5 Å². The van der Waals surface area contributed by atoms with Crippen LogP contribution in [0.2, 0.25) is 0 Å². The lowest BCUT2D eigenvalue weighted by molar-refractivity contribution is -0.122. The Kier molecular flexibility index (Phi) is 3.79. The standard InChI is InChI=1S/C13H23NO/c1-11(15)13-6-8-14(9-7-13)10-12-4-2-3-5-12/h12-13H,2-10H2,1H3. The molecule has 2 fully saturated rings. The van der Waals surface area contributed by atoms with E-state index in [1.807, 2.05) is 0 Å². The summed E-state index contributed by atoms with van der Waals surface area (Å²) in [5.74, 6) is 1.72. The maximum Gasteiger partial charge on any atom is 0.133 e. The molecule has 0 unspecified atom stereocenters. The second-order valence-corrected chi connectivity index (χ2v) is 5.34. The van der Waals surface area contributed by atoms with Crippen molar-refractivity contribution in [2.75, 3.05) is 19.6 Å². The minimum absolute atomic E-state index is 0.366. The van der Waals surface area contributed by atoms with E-state index in [-0.39, 0.29) is 0 Å². The van der Waals surface area contributed by atoms with Crippen molar-refractivity contribution in [1.82, 2.24) is 4.90 Å². The normalized spacial score (nSPS) is 25.9. The highest BCUT2D eigenvalue weighted by Gasteiger charge is 2.24. The van der Waals surface area contributed by atoms with Crippen molar-refractivity contribution < 1.29 is 4.79 Å². The Balaban J connectivity index is 1.71. The van der Waals surface area contributed by atoms with E-state index in [0.29, 0.717) is 11.7 Å². The molecule has 0 bridgehead atoms. The Bertz CT molecular complexity index is 213. The number of rotatable bonds is 3. The van der Waals surface area contributed by atoms with E-state index in [0.717, 1.165) is 31.8 Å². The first-order chi connectivity index (χ1) is 7.25. The lowest BCUT2D eigenvalue weighted by Crippen LogP contribution is -2.38. The summed E-state index contributed by atoms with van der Waals surface area (Å²) < 4.78 is 0. The van der Waals surface area contributed by atoms with Gasteiger partial charge in [-0.2, -0.15) is 0 Å². The number of carbonyl (C=O) groups excluding carboxylic acids is 1. The fourth-order valence-corrected chi connectivity index (χ4v) is 3.08. The molecule has 1 saturated heterocycles. The number of hydrogen-bond acceptors (Lipinski definition) is 2. The van der Waals surface area contributed by atoms with Crippen LogP contribution >= 0.6 is 0 Å². The van der Waals surface area contributed by atoms with Crippen LogP contribution in [0, 0.1) is 11.8 Å². The zero-order valence-electron chi connectivity index (χ0n) is 9.87.